The first-order valence-corrected chi connectivity index (χ1v) is 34.3. The van der Waals surface area contributed by atoms with Gasteiger partial charge in [-0.1, -0.05) is 253 Å². The van der Waals surface area contributed by atoms with Crippen molar-refractivity contribution in [3.05, 3.63) is 85.1 Å². The lowest BCUT2D eigenvalue weighted by Crippen LogP contribution is -2.60. The van der Waals surface area contributed by atoms with Gasteiger partial charge in [0.2, 0.25) is 5.91 Å². The molecule has 1 rings (SSSR count). The predicted octanol–water partition coefficient (Wildman–Crippen LogP) is 17.3. The zero-order valence-corrected chi connectivity index (χ0v) is 53.1. The minimum Gasteiger partial charge on any atom is -0.466 e. The summed E-state index contributed by atoms with van der Waals surface area (Å²) in [7, 11) is 0. The van der Waals surface area contributed by atoms with Crippen LogP contribution in [-0.4, -0.2) is 100 Å². The van der Waals surface area contributed by atoms with Gasteiger partial charge in [-0.05, 0) is 116 Å². The van der Waals surface area contributed by atoms with E-state index in [-0.39, 0.29) is 18.5 Å². The SMILES string of the molecule is C/C=C/CC/C=C/CC/C=C/C(O)C(COC1OC(CO)C(O)C(O)C1O)NC(=O)CCCCCCCCCCCCC/C=C\C/C=C\CCCCCCCCCCCOC(=O)CCCCCCCCCCC/C=C\C/C=C\CCCCC. The van der Waals surface area contributed by atoms with Crippen LogP contribution in [0.5, 0.6) is 0 Å². The third-order valence-corrected chi connectivity index (χ3v) is 15.8. The number of ether oxygens (including phenoxy) is 3. The number of unbranched alkanes of at least 4 members (excludes halogenated alkanes) is 34. The van der Waals surface area contributed by atoms with E-state index in [9.17, 15) is 35.1 Å². The highest BCUT2D eigenvalue weighted by Gasteiger charge is 2.44. The summed E-state index contributed by atoms with van der Waals surface area (Å²) in [6.07, 6.45) is 73.2. The topological polar surface area (TPSA) is 175 Å². The molecular formula is C72H127NO10. The third-order valence-electron chi connectivity index (χ3n) is 15.8. The fraction of sp³-hybridized carbons (Fsp3) is 0.778. The van der Waals surface area contributed by atoms with E-state index >= 15 is 0 Å². The fourth-order valence-corrected chi connectivity index (χ4v) is 10.4. The lowest BCUT2D eigenvalue weighted by molar-refractivity contribution is -0.302. The van der Waals surface area contributed by atoms with Gasteiger partial charge in [-0.15, -0.1) is 0 Å². The van der Waals surface area contributed by atoms with Crippen molar-refractivity contribution in [2.24, 2.45) is 0 Å². The van der Waals surface area contributed by atoms with Gasteiger partial charge in [-0.25, -0.2) is 0 Å². The Kier molecular flexibility index (Phi) is 56.8. The molecule has 480 valence electrons. The molecular weight excluding hydrogens is 1040 g/mol. The van der Waals surface area contributed by atoms with Crippen molar-refractivity contribution in [3.8, 4) is 0 Å². The summed E-state index contributed by atoms with van der Waals surface area (Å²) < 4.78 is 16.7. The first-order chi connectivity index (χ1) is 40.7. The lowest BCUT2D eigenvalue weighted by Gasteiger charge is -2.40. The molecule has 0 spiro atoms. The smallest absolute Gasteiger partial charge is 0.305 e. The molecule has 0 aromatic heterocycles. The predicted molar refractivity (Wildman–Crippen MR) is 347 cm³/mol. The van der Waals surface area contributed by atoms with Crippen molar-refractivity contribution in [1.29, 1.82) is 0 Å². The number of carbonyl (C=O) groups excluding carboxylic acids is 2. The standard InChI is InChI=1S/C72H127NO10/c1-3-5-7-9-11-13-14-15-16-17-27-31-34-37-40-44-48-52-56-60-68(77)81-61-57-53-49-45-41-38-35-32-29-26-24-22-20-18-19-21-23-25-28-30-33-36-39-43-47-51-55-59-67(76)73-64(65(75)58-54-50-46-42-12-10-8-6-4-2)63-82-72-71(80)70(79)69(78)66(62-74)83-72/h4,6,11-13,15-16,18-19,22,24,42,54,58,64-66,69-72,74-75,78-80H,3,5,7-10,14,17,20-21,23,25-41,43-53,55-57,59-63H2,1-2H3,(H,73,76)/b6-4+,13-11-,16-15-,19-18-,24-22-,42-12+,58-54+. The Morgan fingerprint density at radius 1 is 0.470 bits per heavy atom. The Morgan fingerprint density at radius 2 is 0.867 bits per heavy atom. The van der Waals surface area contributed by atoms with Crippen molar-refractivity contribution >= 4 is 11.9 Å². The molecule has 0 aromatic carbocycles. The molecule has 83 heavy (non-hydrogen) atoms. The van der Waals surface area contributed by atoms with Crippen LogP contribution in [0.2, 0.25) is 0 Å². The second-order valence-electron chi connectivity index (χ2n) is 23.5. The largest absolute Gasteiger partial charge is 0.466 e. The van der Waals surface area contributed by atoms with E-state index in [2.05, 4.69) is 79.1 Å². The number of allylic oxidation sites excluding steroid dienone is 13. The minimum atomic E-state index is -1.58. The van der Waals surface area contributed by atoms with E-state index in [0.29, 0.717) is 19.4 Å². The third kappa shape index (κ3) is 49.6. The first-order valence-electron chi connectivity index (χ1n) is 34.3. The molecule has 1 amide bonds. The van der Waals surface area contributed by atoms with Crippen LogP contribution < -0.4 is 5.32 Å². The van der Waals surface area contributed by atoms with Gasteiger partial charge < -0.3 is 45.1 Å². The van der Waals surface area contributed by atoms with Crippen LogP contribution in [0.3, 0.4) is 0 Å². The second-order valence-corrected chi connectivity index (χ2v) is 23.5. The molecule has 1 aliphatic heterocycles. The Balaban J connectivity index is 1.94. The number of hydrogen-bond acceptors (Lipinski definition) is 10. The Hall–Kier alpha value is -3.16. The molecule has 7 unspecified atom stereocenters. The molecule has 11 heteroatoms. The van der Waals surface area contributed by atoms with E-state index in [4.69, 9.17) is 14.2 Å². The number of aliphatic hydroxyl groups is 5. The van der Waals surface area contributed by atoms with Gasteiger partial charge >= 0.3 is 5.97 Å². The van der Waals surface area contributed by atoms with Gasteiger partial charge in [0.05, 0.1) is 32.0 Å². The number of hydrogen-bond donors (Lipinski definition) is 6. The number of rotatable bonds is 59. The van der Waals surface area contributed by atoms with Crippen LogP contribution in [0.15, 0.2) is 85.1 Å². The van der Waals surface area contributed by atoms with E-state index < -0.39 is 49.5 Å². The lowest BCUT2D eigenvalue weighted by atomic mass is 9.99. The molecule has 1 fully saturated rings. The van der Waals surface area contributed by atoms with Gasteiger partial charge in [0.15, 0.2) is 6.29 Å². The van der Waals surface area contributed by atoms with Crippen LogP contribution in [0.25, 0.3) is 0 Å². The molecule has 0 radical (unpaired) electrons. The maximum absolute atomic E-state index is 13.0. The van der Waals surface area contributed by atoms with Crippen molar-refractivity contribution in [1.82, 2.24) is 5.32 Å². The molecule has 1 heterocycles. The number of aliphatic hydroxyl groups excluding tert-OH is 5. The Labute approximate surface area is 508 Å². The van der Waals surface area contributed by atoms with Gasteiger partial charge in [-0.3, -0.25) is 9.59 Å². The van der Waals surface area contributed by atoms with E-state index in [1.54, 1.807) is 6.08 Å². The van der Waals surface area contributed by atoms with Crippen molar-refractivity contribution < 1.29 is 49.3 Å². The summed E-state index contributed by atoms with van der Waals surface area (Å²) in [4.78, 5) is 25.1. The van der Waals surface area contributed by atoms with Crippen molar-refractivity contribution in [2.75, 3.05) is 19.8 Å². The zero-order chi connectivity index (χ0) is 60.2. The van der Waals surface area contributed by atoms with Crippen LogP contribution in [0.4, 0.5) is 0 Å². The highest BCUT2D eigenvalue weighted by molar-refractivity contribution is 5.76. The summed E-state index contributed by atoms with van der Waals surface area (Å²) in [5, 5.41) is 54.2. The molecule has 7 atom stereocenters. The zero-order valence-electron chi connectivity index (χ0n) is 53.1. The quantitative estimate of drug-likeness (QED) is 0.0195. The van der Waals surface area contributed by atoms with Gasteiger partial charge in [0, 0.05) is 12.8 Å². The van der Waals surface area contributed by atoms with Crippen LogP contribution >= 0.6 is 0 Å². The summed E-state index contributed by atoms with van der Waals surface area (Å²) >= 11 is 0. The number of amides is 1. The fourth-order valence-electron chi connectivity index (χ4n) is 10.4. The molecule has 0 aliphatic carbocycles. The van der Waals surface area contributed by atoms with E-state index in [1.807, 2.05) is 19.1 Å². The Morgan fingerprint density at radius 3 is 1.33 bits per heavy atom. The van der Waals surface area contributed by atoms with Crippen molar-refractivity contribution in [3.63, 3.8) is 0 Å². The molecule has 11 nitrogen and oxygen atoms in total. The average molecular weight is 1170 g/mol. The minimum absolute atomic E-state index is 0.00413. The van der Waals surface area contributed by atoms with Crippen LogP contribution in [0.1, 0.15) is 296 Å². The second kappa shape index (κ2) is 60.5. The molecule has 6 N–H and O–H groups in total. The van der Waals surface area contributed by atoms with Crippen LogP contribution in [0, 0.1) is 0 Å². The molecule has 0 saturated carbocycles. The highest BCUT2D eigenvalue weighted by Crippen LogP contribution is 2.23. The first kappa shape index (κ1) is 77.9. The molecule has 0 aromatic rings. The number of nitrogens with one attached hydrogen (secondary N) is 1. The maximum Gasteiger partial charge on any atom is 0.305 e. The highest BCUT2D eigenvalue weighted by atomic mass is 16.7. The molecule has 1 saturated heterocycles. The van der Waals surface area contributed by atoms with E-state index in [0.717, 1.165) is 89.9 Å². The molecule has 0 bridgehead atoms. The normalized spacial score (nSPS) is 18.7. The van der Waals surface area contributed by atoms with Gasteiger partial charge in [0.25, 0.3) is 0 Å². The average Bonchev–Trinajstić information content (AvgIpc) is 3.65. The maximum atomic E-state index is 13.0. The van der Waals surface area contributed by atoms with Crippen molar-refractivity contribution in [2.45, 2.75) is 339 Å². The van der Waals surface area contributed by atoms with Crippen LogP contribution in [-0.2, 0) is 23.8 Å². The summed E-state index contributed by atoms with van der Waals surface area (Å²) in [5.41, 5.74) is 0. The Bertz CT molecular complexity index is 1650. The summed E-state index contributed by atoms with van der Waals surface area (Å²) in [5.74, 6) is -0.208. The summed E-state index contributed by atoms with van der Waals surface area (Å²) in [6, 6.07) is -0.838. The monoisotopic (exact) mass is 1170 g/mol. The molecule has 1 aliphatic rings. The number of esters is 1. The van der Waals surface area contributed by atoms with Gasteiger partial charge in [0.1, 0.15) is 24.4 Å². The van der Waals surface area contributed by atoms with Gasteiger partial charge in [-0.2, -0.15) is 0 Å². The summed E-state index contributed by atoms with van der Waals surface area (Å²) in [6.45, 7) is 4.06. The van der Waals surface area contributed by atoms with E-state index in [1.165, 1.54) is 180 Å². The number of carbonyl (C=O) groups is 2.